The maximum Gasteiger partial charge on any atom is 0.413 e. The molecular weight excluding hydrogens is 514 g/mol. The number of esters is 2. The van der Waals surface area contributed by atoms with E-state index in [0.29, 0.717) is 22.6 Å². The van der Waals surface area contributed by atoms with Crippen LogP contribution in [0.5, 0.6) is 11.5 Å². The van der Waals surface area contributed by atoms with Crippen molar-refractivity contribution in [2.45, 2.75) is 45.8 Å². The van der Waals surface area contributed by atoms with Gasteiger partial charge in [-0.2, -0.15) is 0 Å². The first kappa shape index (κ1) is 28.6. The highest BCUT2D eigenvalue weighted by Gasteiger charge is 2.53. The van der Waals surface area contributed by atoms with Crippen molar-refractivity contribution in [3.63, 3.8) is 0 Å². The largest absolute Gasteiger partial charge is 0.496 e. The summed E-state index contributed by atoms with van der Waals surface area (Å²) in [6, 6.07) is 22.2. The SMILES string of the molecule is COc1cccc(OC)c1C1O[C@@H](C(=O)OC(=O)C(C)(C)C)[C@H](c2ccccc2)N1C(=O)OCc1ccccc1. The molecule has 0 bridgehead atoms. The number of hydrogen-bond acceptors (Lipinski definition) is 8. The molecule has 9 heteroatoms. The molecule has 0 radical (unpaired) electrons. The molecule has 0 saturated carbocycles. The summed E-state index contributed by atoms with van der Waals surface area (Å²) in [6.45, 7) is 4.92. The monoisotopic (exact) mass is 547 g/mol. The minimum Gasteiger partial charge on any atom is -0.496 e. The molecule has 0 aliphatic carbocycles. The van der Waals surface area contributed by atoms with E-state index in [0.717, 1.165) is 5.56 Å². The second kappa shape index (κ2) is 12.2. The van der Waals surface area contributed by atoms with E-state index in [1.807, 2.05) is 36.4 Å². The smallest absolute Gasteiger partial charge is 0.413 e. The second-order valence-corrected chi connectivity index (χ2v) is 10.2. The average Bonchev–Trinajstić information content (AvgIpc) is 3.36. The number of carbonyl (C=O) groups excluding carboxylic acids is 3. The molecular formula is C31H33NO8. The van der Waals surface area contributed by atoms with Crippen LogP contribution in [0.25, 0.3) is 0 Å². The lowest BCUT2D eigenvalue weighted by Gasteiger charge is -2.29. The molecule has 3 atom stereocenters. The zero-order chi connectivity index (χ0) is 28.9. The van der Waals surface area contributed by atoms with Gasteiger partial charge in [-0.25, -0.2) is 9.59 Å². The lowest BCUT2D eigenvalue weighted by molar-refractivity contribution is -0.173. The van der Waals surface area contributed by atoms with Crippen LogP contribution in [-0.4, -0.2) is 43.3 Å². The van der Waals surface area contributed by atoms with E-state index in [1.165, 1.54) is 19.1 Å². The third-order valence-corrected chi connectivity index (χ3v) is 6.42. The normalized spacial score (nSPS) is 18.6. The maximum absolute atomic E-state index is 13.9. The van der Waals surface area contributed by atoms with Gasteiger partial charge >= 0.3 is 18.0 Å². The molecule has 4 rings (SSSR count). The first-order valence-electron chi connectivity index (χ1n) is 12.8. The Bertz CT molecular complexity index is 1310. The van der Waals surface area contributed by atoms with Crippen LogP contribution >= 0.6 is 0 Å². The number of benzene rings is 3. The summed E-state index contributed by atoms with van der Waals surface area (Å²) in [5.41, 5.74) is 0.810. The van der Waals surface area contributed by atoms with Gasteiger partial charge in [-0.05, 0) is 44.0 Å². The Hall–Kier alpha value is -4.37. The number of nitrogens with zero attached hydrogens (tertiary/aromatic N) is 1. The highest BCUT2D eigenvalue weighted by atomic mass is 16.6. The number of amides is 1. The summed E-state index contributed by atoms with van der Waals surface area (Å²) in [5, 5.41) is 0. The molecule has 1 heterocycles. The lowest BCUT2D eigenvalue weighted by atomic mass is 9.97. The summed E-state index contributed by atoms with van der Waals surface area (Å²) in [6.07, 6.45) is -3.28. The van der Waals surface area contributed by atoms with Crippen LogP contribution < -0.4 is 9.47 Å². The summed E-state index contributed by atoms with van der Waals surface area (Å²) >= 11 is 0. The first-order valence-corrected chi connectivity index (χ1v) is 12.8. The fourth-order valence-corrected chi connectivity index (χ4v) is 4.38. The molecule has 9 nitrogen and oxygen atoms in total. The van der Waals surface area contributed by atoms with Crippen LogP contribution in [0.3, 0.4) is 0 Å². The van der Waals surface area contributed by atoms with Gasteiger partial charge in [0.1, 0.15) is 24.1 Å². The van der Waals surface area contributed by atoms with E-state index in [4.69, 9.17) is 23.7 Å². The zero-order valence-electron chi connectivity index (χ0n) is 23.2. The molecule has 1 fully saturated rings. The maximum atomic E-state index is 13.9. The standard InChI is InChI=1S/C31H33NO8/c1-31(2,3)29(34)40-28(33)26-25(21-15-10-7-11-16-21)32(30(35)38-19-20-13-8-6-9-14-20)27(39-26)24-22(36-4)17-12-18-23(24)37-5/h6-18,25-27H,19H2,1-5H3/t25-,26+,27?/m0/s1. The van der Waals surface area contributed by atoms with Crippen LogP contribution in [0.15, 0.2) is 78.9 Å². The molecule has 3 aromatic rings. The van der Waals surface area contributed by atoms with E-state index in [-0.39, 0.29) is 6.61 Å². The Labute approximate surface area is 233 Å². The highest BCUT2D eigenvalue weighted by Crippen LogP contribution is 2.49. The molecule has 0 aromatic heterocycles. The predicted molar refractivity (Wildman–Crippen MR) is 145 cm³/mol. The van der Waals surface area contributed by atoms with Gasteiger partial charge in [-0.3, -0.25) is 9.69 Å². The van der Waals surface area contributed by atoms with Gasteiger partial charge < -0.3 is 23.7 Å². The Morgan fingerprint density at radius 1 is 0.825 bits per heavy atom. The van der Waals surface area contributed by atoms with Crippen LogP contribution in [0.2, 0.25) is 0 Å². The van der Waals surface area contributed by atoms with Crippen molar-refractivity contribution >= 4 is 18.0 Å². The Morgan fingerprint density at radius 3 is 1.95 bits per heavy atom. The molecule has 1 unspecified atom stereocenters. The minimum atomic E-state index is -1.36. The van der Waals surface area contributed by atoms with E-state index in [2.05, 4.69) is 0 Å². The van der Waals surface area contributed by atoms with Gasteiger partial charge in [-0.15, -0.1) is 0 Å². The second-order valence-electron chi connectivity index (χ2n) is 10.2. The van der Waals surface area contributed by atoms with Crippen LogP contribution in [-0.2, 0) is 30.4 Å². The van der Waals surface area contributed by atoms with Gasteiger partial charge in [0, 0.05) is 0 Å². The predicted octanol–water partition coefficient (Wildman–Crippen LogP) is 5.60. The van der Waals surface area contributed by atoms with Crippen LogP contribution in [0, 0.1) is 5.41 Å². The fourth-order valence-electron chi connectivity index (χ4n) is 4.38. The molecule has 210 valence electrons. The molecule has 40 heavy (non-hydrogen) atoms. The van der Waals surface area contributed by atoms with Crippen molar-refractivity contribution in [3.05, 3.63) is 95.6 Å². The molecule has 1 aliphatic rings. The number of ether oxygens (including phenoxy) is 5. The third kappa shape index (κ3) is 6.10. The number of carbonyl (C=O) groups is 3. The van der Waals surface area contributed by atoms with E-state index < -0.39 is 41.8 Å². The van der Waals surface area contributed by atoms with Crippen molar-refractivity contribution in [3.8, 4) is 11.5 Å². The molecule has 0 N–H and O–H groups in total. The van der Waals surface area contributed by atoms with E-state index >= 15 is 0 Å². The van der Waals surface area contributed by atoms with Crippen LogP contribution in [0.4, 0.5) is 4.79 Å². The zero-order valence-corrected chi connectivity index (χ0v) is 23.2. The minimum absolute atomic E-state index is 0.00884. The molecule has 1 amide bonds. The summed E-state index contributed by atoms with van der Waals surface area (Å²) < 4.78 is 28.5. The Morgan fingerprint density at radius 2 is 1.40 bits per heavy atom. The van der Waals surface area contributed by atoms with Gasteiger partial charge in [0.2, 0.25) is 0 Å². The van der Waals surface area contributed by atoms with Gasteiger partial charge in [0.25, 0.3) is 0 Å². The first-order chi connectivity index (χ1) is 19.2. The quantitative estimate of drug-likeness (QED) is 0.279. The molecule has 1 saturated heterocycles. The Balaban J connectivity index is 1.81. The highest BCUT2D eigenvalue weighted by molar-refractivity contribution is 5.91. The summed E-state index contributed by atoms with van der Waals surface area (Å²) in [5.74, 6) is -0.899. The number of hydrogen-bond donors (Lipinski definition) is 0. The lowest BCUT2D eigenvalue weighted by Crippen LogP contribution is -2.39. The third-order valence-electron chi connectivity index (χ3n) is 6.42. The summed E-state index contributed by atoms with van der Waals surface area (Å²) in [7, 11) is 2.96. The molecule has 0 spiro atoms. The Kier molecular flexibility index (Phi) is 8.74. The van der Waals surface area contributed by atoms with Crippen molar-refractivity contribution in [1.29, 1.82) is 0 Å². The van der Waals surface area contributed by atoms with Crippen molar-refractivity contribution < 1.29 is 38.1 Å². The fraction of sp³-hybridized carbons (Fsp3) is 0.323. The van der Waals surface area contributed by atoms with Gasteiger partial charge in [-0.1, -0.05) is 66.7 Å². The number of methoxy groups -OCH3 is 2. The van der Waals surface area contributed by atoms with Crippen molar-refractivity contribution in [1.82, 2.24) is 4.90 Å². The van der Waals surface area contributed by atoms with E-state index in [9.17, 15) is 14.4 Å². The van der Waals surface area contributed by atoms with Gasteiger partial charge in [0.05, 0.1) is 25.2 Å². The molecule has 3 aromatic carbocycles. The van der Waals surface area contributed by atoms with Crippen LogP contribution in [0.1, 0.15) is 49.7 Å². The van der Waals surface area contributed by atoms with Crippen molar-refractivity contribution in [2.24, 2.45) is 5.41 Å². The average molecular weight is 548 g/mol. The number of rotatable bonds is 7. The topological polar surface area (TPSA) is 101 Å². The van der Waals surface area contributed by atoms with Crippen molar-refractivity contribution in [2.75, 3.05) is 14.2 Å². The van der Waals surface area contributed by atoms with E-state index in [1.54, 1.807) is 63.2 Å². The molecule has 1 aliphatic heterocycles. The summed E-state index contributed by atoms with van der Waals surface area (Å²) in [4.78, 5) is 41.4. The van der Waals surface area contributed by atoms with Gasteiger partial charge in [0.15, 0.2) is 12.3 Å².